The zero-order valence-electron chi connectivity index (χ0n) is 9.96. The number of carbonyl (C=O) groups is 1. The van der Waals surface area contributed by atoms with Crippen molar-refractivity contribution in [3.8, 4) is 11.5 Å². The molecule has 92 valence electrons. The standard InChI is InChI=1S/C13H15ClO3/c1-16-11-3-4-12(17-2)13-9(11)5-8(7-14)6-10(13)15/h3-4,8H,5-7H2,1-2H3. The number of benzene rings is 1. The zero-order valence-corrected chi connectivity index (χ0v) is 10.7. The van der Waals surface area contributed by atoms with Crippen LogP contribution in [-0.2, 0) is 6.42 Å². The lowest BCUT2D eigenvalue weighted by atomic mass is 9.83. The summed E-state index contributed by atoms with van der Waals surface area (Å²) in [5, 5.41) is 0. The van der Waals surface area contributed by atoms with Gasteiger partial charge in [-0.05, 0) is 24.5 Å². The van der Waals surface area contributed by atoms with Crippen molar-refractivity contribution < 1.29 is 14.3 Å². The molecule has 0 saturated heterocycles. The summed E-state index contributed by atoms with van der Waals surface area (Å²) in [5.74, 6) is 2.14. The highest BCUT2D eigenvalue weighted by molar-refractivity contribution is 6.18. The van der Waals surface area contributed by atoms with Crippen LogP contribution in [0.1, 0.15) is 22.3 Å². The SMILES string of the molecule is COc1ccc(OC)c2c1CC(CCl)CC2=O. The highest BCUT2D eigenvalue weighted by atomic mass is 35.5. The number of hydrogen-bond acceptors (Lipinski definition) is 3. The van der Waals surface area contributed by atoms with Crippen molar-refractivity contribution in [1.29, 1.82) is 0 Å². The number of halogens is 1. The normalized spacial score (nSPS) is 18.8. The Bertz CT molecular complexity index is 443. The lowest BCUT2D eigenvalue weighted by molar-refractivity contribution is 0.0949. The van der Waals surface area contributed by atoms with Crippen molar-refractivity contribution in [3.05, 3.63) is 23.3 Å². The highest BCUT2D eigenvalue weighted by Crippen LogP contribution is 2.38. The van der Waals surface area contributed by atoms with Gasteiger partial charge in [0.1, 0.15) is 11.5 Å². The van der Waals surface area contributed by atoms with Gasteiger partial charge < -0.3 is 9.47 Å². The van der Waals surface area contributed by atoms with Gasteiger partial charge in [0, 0.05) is 17.9 Å². The Hall–Kier alpha value is -1.22. The van der Waals surface area contributed by atoms with Crippen LogP contribution in [-0.4, -0.2) is 25.9 Å². The predicted molar refractivity (Wildman–Crippen MR) is 66.4 cm³/mol. The van der Waals surface area contributed by atoms with E-state index in [0.717, 1.165) is 17.7 Å². The second-order valence-corrected chi connectivity index (χ2v) is 4.48. The fourth-order valence-electron chi connectivity index (χ4n) is 2.31. The molecule has 0 N–H and O–H groups in total. The van der Waals surface area contributed by atoms with Gasteiger partial charge in [-0.3, -0.25) is 4.79 Å². The van der Waals surface area contributed by atoms with E-state index in [4.69, 9.17) is 21.1 Å². The van der Waals surface area contributed by atoms with Crippen molar-refractivity contribution in [1.82, 2.24) is 0 Å². The van der Waals surface area contributed by atoms with Gasteiger partial charge >= 0.3 is 0 Å². The molecular weight excluding hydrogens is 240 g/mol. The molecule has 0 aromatic heterocycles. The first-order valence-corrected chi connectivity index (χ1v) is 6.07. The number of ether oxygens (including phenoxy) is 2. The van der Waals surface area contributed by atoms with E-state index in [1.54, 1.807) is 20.3 Å². The van der Waals surface area contributed by atoms with Crippen molar-refractivity contribution in [2.45, 2.75) is 12.8 Å². The molecule has 0 fully saturated rings. The van der Waals surface area contributed by atoms with E-state index in [9.17, 15) is 4.79 Å². The summed E-state index contributed by atoms with van der Waals surface area (Å²) >= 11 is 5.86. The number of carbonyl (C=O) groups excluding carboxylic acids is 1. The maximum Gasteiger partial charge on any atom is 0.167 e. The first-order chi connectivity index (χ1) is 8.21. The lowest BCUT2D eigenvalue weighted by Crippen LogP contribution is -2.22. The summed E-state index contributed by atoms with van der Waals surface area (Å²) in [5.41, 5.74) is 1.59. The van der Waals surface area contributed by atoms with Crippen LogP contribution in [0.3, 0.4) is 0 Å². The zero-order chi connectivity index (χ0) is 12.4. The first kappa shape index (κ1) is 12.2. The molecule has 1 aromatic carbocycles. The van der Waals surface area contributed by atoms with Crippen LogP contribution >= 0.6 is 11.6 Å². The van der Waals surface area contributed by atoms with Crippen LogP contribution in [0.25, 0.3) is 0 Å². The molecule has 4 heteroatoms. The van der Waals surface area contributed by atoms with E-state index in [0.29, 0.717) is 23.6 Å². The molecule has 0 saturated carbocycles. The van der Waals surface area contributed by atoms with Crippen molar-refractivity contribution in [3.63, 3.8) is 0 Å². The van der Waals surface area contributed by atoms with E-state index in [-0.39, 0.29) is 11.7 Å². The Balaban J connectivity index is 2.55. The van der Waals surface area contributed by atoms with Gasteiger partial charge in [0.2, 0.25) is 0 Å². The molecule has 0 bridgehead atoms. The summed E-state index contributed by atoms with van der Waals surface area (Å²) in [6, 6.07) is 3.61. The summed E-state index contributed by atoms with van der Waals surface area (Å²) in [6.07, 6.45) is 1.25. The number of fused-ring (bicyclic) bond motifs is 1. The molecule has 1 aliphatic rings. The molecule has 1 aliphatic carbocycles. The lowest BCUT2D eigenvalue weighted by Gasteiger charge is -2.25. The minimum atomic E-state index is 0.0904. The van der Waals surface area contributed by atoms with Crippen LogP contribution in [0.2, 0.25) is 0 Å². The number of ketones is 1. The van der Waals surface area contributed by atoms with Gasteiger partial charge in [-0.2, -0.15) is 0 Å². The predicted octanol–water partition coefficient (Wildman–Crippen LogP) is 2.69. The summed E-state index contributed by atoms with van der Waals surface area (Å²) in [7, 11) is 3.18. The second kappa shape index (κ2) is 4.96. The molecule has 17 heavy (non-hydrogen) atoms. The fraction of sp³-hybridized carbons (Fsp3) is 0.462. The fourth-order valence-corrected chi connectivity index (χ4v) is 2.53. The van der Waals surface area contributed by atoms with Crippen LogP contribution < -0.4 is 9.47 Å². The first-order valence-electron chi connectivity index (χ1n) is 5.54. The van der Waals surface area contributed by atoms with E-state index >= 15 is 0 Å². The third-order valence-electron chi connectivity index (χ3n) is 3.14. The average Bonchev–Trinajstić information content (AvgIpc) is 2.37. The number of alkyl halides is 1. The number of Topliss-reactive ketones (excluding diaryl/α,β-unsaturated/α-hetero) is 1. The molecule has 0 heterocycles. The highest BCUT2D eigenvalue weighted by Gasteiger charge is 2.29. The summed E-state index contributed by atoms with van der Waals surface area (Å²) in [6.45, 7) is 0. The van der Waals surface area contributed by atoms with Crippen LogP contribution in [0.5, 0.6) is 11.5 Å². The summed E-state index contributed by atoms with van der Waals surface area (Å²) < 4.78 is 10.5. The monoisotopic (exact) mass is 254 g/mol. The molecule has 0 radical (unpaired) electrons. The Morgan fingerprint density at radius 3 is 2.47 bits per heavy atom. The second-order valence-electron chi connectivity index (χ2n) is 4.18. The average molecular weight is 255 g/mol. The molecule has 3 nitrogen and oxygen atoms in total. The molecule has 1 unspecified atom stereocenters. The molecule has 0 amide bonds. The molecule has 1 aromatic rings. The van der Waals surface area contributed by atoms with Gasteiger partial charge in [0.15, 0.2) is 5.78 Å². The molecule has 0 aliphatic heterocycles. The van der Waals surface area contributed by atoms with E-state index in [1.165, 1.54) is 0 Å². The third kappa shape index (κ3) is 2.12. The number of methoxy groups -OCH3 is 2. The molecule has 1 atom stereocenters. The van der Waals surface area contributed by atoms with Crippen molar-refractivity contribution >= 4 is 17.4 Å². The largest absolute Gasteiger partial charge is 0.496 e. The Kier molecular flexibility index (Phi) is 3.57. The molecular formula is C13H15ClO3. The Morgan fingerprint density at radius 1 is 1.24 bits per heavy atom. The van der Waals surface area contributed by atoms with E-state index in [1.807, 2.05) is 6.07 Å². The molecule has 2 rings (SSSR count). The van der Waals surface area contributed by atoms with Crippen molar-refractivity contribution in [2.75, 3.05) is 20.1 Å². The minimum absolute atomic E-state index is 0.0904. The van der Waals surface area contributed by atoms with E-state index in [2.05, 4.69) is 0 Å². The maximum absolute atomic E-state index is 12.1. The van der Waals surface area contributed by atoms with Gasteiger partial charge in [-0.25, -0.2) is 0 Å². The quantitative estimate of drug-likeness (QED) is 0.778. The van der Waals surface area contributed by atoms with Crippen LogP contribution in [0, 0.1) is 5.92 Å². The topological polar surface area (TPSA) is 35.5 Å². The third-order valence-corrected chi connectivity index (χ3v) is 3.57. The minimum Gasteiger partial charge on any atom is -0.496 e. The number of rotatable bonds is 3. The van der Waals surface area contributed by atoms with Gasteiger partial charge in [0.25, 0.3) is 0 Å². The van der Waals surface area contributed by atoms with Gasteiger partial charge in [-0.1, -0.05) is 0 Å². The van der Waals surface area contributed by atoms with Gasteiger partial charge in [0.05, 0.1) is 19.8 Å². The van der Waals surface area contributed by atoms with E-state index < -0.39 is 0 Å². The molecule has 0 spiro atoms. The van der Waals surface area contributed by atoms with Crippen molar-refractivity contribution in [2.24, 2.45) is 5.92 Å². The smallest absolute Gasteiger partial charge is 0.167 e. The van der Waals surface area contributed by atoms with Gasteiger partial charge in [-0.15, -0.1) is 11.6 Å². The van der Waals surface area contributed by atoms with Crippen LogP contribution in [0.4, 0.5) is 0 Å². The number of hydrogen-bond donors (Lipinski definition) is 0. The van der Waals surface area contributed by atoms with Crippen LogP contribution in [0.15, 0.2) is 12.1 Å². The summed E-state index contributed by atoms with van der Waals surface area (Å²) in [4.78, 5) is 12.1. The Labute approximate surface area is 106 Å². The maximum atomic E-state index is 12.1. The Morgan fingerprint density at radius 2 is 1.88 bits per heavy atom.